The second kappa shape index (κ2) is 6.07. The molecule has 0 bridgehead atoms. The number of para-hydroxylation sites is 2. The molecule has 0 spiro atoms. The lowest BCUT2D eigenvalue weighted by atomic mass is 10.1. The number of rotatable bonds is 3. The van der Waals surface area contributed by atoms with Crippen LogP contribution >= 0.6 is 27.3 Å². The Bertz CT molecular complexity index is 658. The Kier molecular flexibility index (Phi) is 4.17. The number of thiophene rings is 1. The average Bonchev–Trinajstić information content (AvgIpc) is 2.89. The van der Waals surface area contributed by atoms with Gasteiger partial charge in [0.1, 0.15) is 6.10 Å². The maximum atomic E-state index is 12.3. The van der Waals surface area contributed by atoms with E-state index < -0.39 is 6.10 Å². The zero-order valence-corrected chi connectivity index (χ0v) is 13.7. The number of halogens is 1. The zero-order chi connectivity index (χ0) is 14.8. The second-order valence-electron chi connectivity index (χ2n) is 4.73. The van der Waals surface area contributed by atoms with Crippen LogP contribution in [0, 0.1) is 0 Å². The summed E-state index contributed by atoms with van der Waals surface area (Å²) < 4.78 is 12.5. The van der Waals surface area contributed by atoms with Gasteiger partial charge in [-0.05, 0) is 47.1 Å². The first-order valence-corrected chi connectivity index (χ1v) is 8.19. The number of ether oxygens (including phenoxy) is 2. The highest BCUT2D eigenvalue weighted by Gasteiger charge is 2.33. The maximum Gasteiger partial charge on any atom is 0.265 e. The van der Waals surface area contributed by atoms with Crippen LogP contribution in [-0.2, 0) is 11.3 Å². The molecule has 0 saturated heterocycles. The Morgan fingerprint density at radius 1 is 1.24 bits per heavy atom. The predicted molar refractivity (Wildman–Crippen MR) is 84.8 cm³/mol. The molecular weight excluding hydrogens is 354 g/mol. The van der Waals surface area contributed by atoms with Gasteiger partial charge in [-0.25, -0.2) is 0 Å². The molecule has 21 heavy (non-hydrogen) atoms. The van der Waals surface area contributed by atoms with Gasteiger partial charge >= 0.3 is 0 Å². The number of fused-ring (bicyclic) bond motifs is 1. The molecule has 2 atom stereocenters. The summed E-state index contributed by atoms with van der Waals surface area (Å²) in [5.41, 5.74) is 0. The molecule has 0 unspecified atom stereocenters. The fraction of sp³-hybridized carbons (Fsp3) is 0.267. The number of amides is 1. The van der Waals surface area contributed by atoms with Crippen molar-refractivity contribution in [3.63, 3.8) is 0 Å². The molecule has 6 heteroatoms. The Balaban J connectivity index is 1.65. The highest BCUT2D eigenvalue weighted by molar-refractivity contribution is 9.11. The number of nitrogens with one attached hydrogen (secondary N) is 1. The van der Waals surface area contributed by atoms with E-state index in [-0.39, 0.29) is 12.0 Å². The van der Waals surface area contributed by atoms with Crippen molar-refractivity contribution in [2.75, 3.05) is 0 Å². The minimum Gasteiger partial charge on any atom is -0.482 e. The summed E-state index contributed by atoms with van der Waals surface area (Å²) in [4.78, 5) is 13.4. The molecule has 0 saturated carbocycles. The molecule has 2 aromatic rings. The van der Waals surface area contributed by atoms with E-state index in [0.29, 0.717) is 18.0 Å². The van der Waals surface area contributed by atoms with Crippen LogP contribution in [0.5, 0.6) is 11.5 Å². The lowest BCUT2D eigenvalue weighted by molar-refractivity contribution is -0.133. The van der Waals surface area contributed by atoms with Crippen molar-refractivity contribution in [1.29, 1.82) is 0 Å². The lowest BCUT2D eigenvalue weighted by Gasteiger charge is -2.30. The van der Waals surface area contributed by atoms with Gasteiger partial charge in [0.25, 0.3) is 5.91 Å². The number of hydrogen-bond acceptors (Lipinski definition) is 4. The molecular formula is C15H14BrNO3S. The first kappa shape index (κ1) is 14.4. The number of hydrogen-bond donors (Lipinski definition) is 1. The van der Waals surface area contributed by atoms with Crippen molar-refractivity contribution < 1.29 is 14.3 Å². The summed E-state index contributed by atoms with van der Waals surface area (Å²) in [6, 6.07) is 11.3. The Hall–Kier alpha value is -1.53. The van der Waals surface area contributed by atoms with E-state index >= 15 is 0 Å². The van der Waals surface area contributed by atoms with Gasteiger partial charge in [-0.1, -0.05) is 12.1 Å². The van der Waals surface area contributed by atoms with Gasteiger partial charge in [0.05, 0.1) is 10.3 Å². The summed E-state index contributed by atoms with van der Waals surface area (Å²) in [5, 5.41) is 2.89. The fourth-order valence-corrected chi connectivity index (χ4v) is 3.55. The van der Waals surface area contributed by atoms with Gasteiger partial charge in [0, 0.05) is 4.88 Å². The van der Waals surface area contributed by atoms with Crippen LogP contribution in [0.2, 0.25) is 0 Å². The summed E-state index contributed by atoms with van der Waals surface area (Å²) in [7, 11) is 0. The standard InChI is InChI=1S/C15H14BrNO3S/c1-9-14(20-12-5-3-2-4-11(12)19-9)15(18)17-8-10-6-7-13(16)21-10/h2-7,9,14H,8H2,1H3,(H,17,18)/t9-,14+/m0/s1. The molecule has 1 amide bonds. The van der Waals surface area contributed by atoms with Crippen molar-refractivity contribution >= 4 is 33.2 Å². The van der Waals surface area contributed by atoms with Crippen LogP contribution in [0.1, 0.15) is 11.8 Å². The Labute approximate surface area is 135 Å². The van der Waals surface area contributed by atoms with Crippen LogP contribution in [-0.4, -0.2) is 18.1 Å². The third-order valence-electron chi connectivity index (χ3n) is 3.17. The van der Waals surface area contributed by atoms with Crippen LogP contribution in [0.3, 0.4) is 0 Å². The third-order valence-corrected chi connectivity index (χ3v) is 4.79. The van der Waals surface area contributed by atoms with Crippen molar-refractivity contribution in [3.8, 4) is 11.5 Å². The topological polar surface area (TPSA) is 47.6 Å². The van der Waals surface area contributed by atoms with E-state index in [1.807, 2.05) is 37.3 Å². The minimum absolute atomic E-state index is 0.165. The summed E-state index contributed by atoms with van der Waals surface area (Å²) in [6.45, 7) is 2.32. The van der Waals surface area contributed by atoms with Crippen LogP contribution < -0.4 is 14.8 Å². The van der Waals surface area contributed by atoms with Gasteiger partial charge in [0.15, 0.2) is 11.5 Å². The summed E-state index contributed by atoms with van der Waals surface area (Å²) in [6.07, 6.45) is -0.960. The van der Waals surface area contributed by atoms with Crippen molar-refractivity contribution in [3.05, 3.63) is 45.1 Å². The van der Waals surface area contributed by atoms with Gasteiger partial charge in [-0.15, -0.1) is 11.3 Å². The van der Waals surface area contributed by atoms with Crippen LogP contribution in [0.4, 0.5) is 0 Å². The number of carbonyl (C=O) groups is 1. The SMILES string of the molecule is C[C@@H]1Oc2ccccc2O[C@H]1C(=O)NCc1ccc(Br)s1. The van der Waals surface area contributed by atoms with Crippen LogP contribution in [0.15, 0.2) is 40.2 Å². The van der Waals surface area contributed by atoms with E-state index in [9.17, 15) is 4.79 Å². The summed E-state index contributed by atoms with van der Waals surface area (Å²) >= 11 is 5.00. The Morgan fingerprint density at radius 2 is 1.95 bits per heavy atom. The van der Waals surface area contributed by atoms with E-state index in [1.165, 1.54) is 0 Å². The molecule has 1 aliphatic rings. The highest BCUT2D eigenvalue weighted by atomic mass is 79.9. The maximum absolute atomic E-state index is 12.3. The quantitative estimate of drug-likeness (QED) is 0.904. The smallest absolute Gasteiger partial charge is 0.265 e. The summed E-state index contributed by atoms with van der Waals surface area (Å²) in [5.74, 6) is 1.12. The molecule has 4 nitrogen and oxygen atoms in total. The molecule has 1 aromatic carbocycles. The van der Waals surface area contributed by atoms with Crippen molar-refractivity contribution in [2.24, 2.45) is 0 Å². The average molecular weight is 368 g/mol. The van der Waals surface area contributed by atoms with Gasteiger partial charge in [-0.3, -0.25) is 4.79 Å². The second-order valence-corrected chi connectivity index (χ2v) is 7.28. The molecule has 1 N–H and O–H groups in total. The molecule has 1 aliphatic heterocycles. The lowest BCUT2D eigenvalue weighted by Crippen LogP contribution is -2.48. The number of benzene rings is 1. The van der Waals surface area contributed by atoms with E-state index in [1.54, 1.807) is 17.4 Å². The van der Waals surface area contributed by atoms with Crippen molar-refractivity contribution in [2.45, 2.75) is 25.7 Å². The first-order valence-electron chi connectivity index (χ1n) is 6.58. The first-order chi connectivity index (χ1) is 10.1. The highest BCUT2D eigenvalue weighted by Crippen LogP contribution is 2.33. The molecule has 2 heterocycles. The van der Waals surface area contributed by atoms with Gasteiger partial charge in [0.2, 0.25) is 6.10 Å². The van der Waals surface area contributed by atoms with E-state index in [0.717, 1.165) is 8.66 Å². The third kappa shape index (κ3) is 3.22. The van der Waals surface area contributed by atoms with Gasteiger partial charge < -0.3 is 14.8 Å². The largest absolute Gasteiger partial charge is 0.482 e. The normalized spacial score (nSPS) is 20.1. The van der Waals surface area contributed by atoms with Crippen LogP contribution in [0.25, 0.3) is 0 Å². The number of carbonyl (C=O) groups excluding carboxylic acids is 1. The minimum atomic E-state index is -0.636. The predicted octanol–water partition coefficient (Wildman–Crippen LogP) is 3.36. The molecule has 110 valence electrons. The Morgan fingerprint density at radius 3 is 2.62 bits per heavy atom. The molecule has 0 aliphatic carbocycles. The molecule has 3 rings (SSSR count). The molecule has 0 radical (unpaired) electrons. The van der Waals surface area contributed by atoms with E-state index in [4.69, 9.17) is 9.47 Å². The monoisotopic (exact) mass is 367 g/mol. The van der Waals surface area contributed by atoms with Crippen molar-refractivity contribution in [1.82, 2.24) is 5.32 Å². The van der Waals surface area contributed by atoms with E-state index in [2.05, 4.69) is 21.2 Å². The van der Waals surface area contributed by atoms with Gasteiger partial charge in [-0.2, -0.15) is 0 Å². The zero-order valence-electron chi connectivity index (χ0n) is 11.3. The molecule has 1 aromatic heterocycles. The fourth-order valence-electron chi connectivity index (χ4n) is 2.13. The molecule has 0 fully saturated rings.